The molecule has 0 bridgehead atoms. The van der Waals surface area contributed by atoms with Crippen molar-refractivity contribution in [2.75, 3.05) is 24.5 Å². The number of ether oxygens (including phenoxy) is 2. The minimum absolute atomic E-state index is 0.0860. The molecule has 4 rings (SSSR count). The molecule has 1 aliphatic rings. The van der Waals surface area contributed by atoms with Gasteiger partial charge in [0, 0.05) is 24.2 Å². The van der Waals surface area contributed by atoms with Crippen LogP contribution in [0.2, 0.25) is 15.1 Å². The number of rotatable bonds is 19. The first-order valence-electron chi connectivity index (χ1n) is 17.1. The molecule has 3 aromatic rings. The number of carbonyl (C=O) groups is 2. The van der Waals surface area contributed by atoms with Gasteiger partial charge in [0.05, 0.1) is 40.7 Å². The molecular formula is C37H45Cl3N6O4. The second-order valence-electron chi connectivity index (χ2n) is 12.0. The van der Waals surface area contributed by atoms with Gasteiger partial charge in [-0.25, -0.2) is 10.0 Å². The molecule has 13 heteroatoms. The molecule has 268 valence electrons. The number of hydrazine groups is 1. The number of hydrogen-bond acceptors (Lipinski definition) is 7. The van der Waals surface area contributed by atoms with Crippen molar-refractivity contribution in [3.63, 3.8) is 0 Å². The van der Waals surface area contributed by atoms with Gasteiger partial charge in [-0.1, -0.05) is 106 Å². The highest BCUT2D eigenvalue weighted by Gasteiger charge is 2.41. The van der Waals surface area contributed by atoms with Crippen LogP contribution in [0.4, 0.5) is 22.7 Å². The lowest BCUT2D eigenvalue weighted by Crippen LogP contribution is -2.36. The van der Waals surface area contributed by atoms with Crippen molar-refractivity contribution >= 4 is 75.2 Å². The largest absolute Gasteiger partial charge is 0.497 e. The van der Waals surface area contributed by atoms with Gasteiger partial charge in [0.25, 0.3) is 5.91 Å². The van der Waals surface area contributed by atoms with E-state index in [0.717, 1.165) is 19.3 Å². The summed E-state index contributed by atoms with van der Waals surface area (Å²) in [5, 5.41) is 13.4. The lowest BCUT2D eigenvalue weighted by atomic mass is 10.1. The van der Waals surface area contributed by atoms with Gasteiger partial charge in [-0.3, -0.25) is 15.0 Å². The monoisotopic (exact) mass is 742 g/mol. The molecule has 1 atom stereocenters. The first-order chi connectivity index (χ1) is 24.2. The molecule has 0 radical (unpaired) electrons. The van der Waals surface area contributed by atoms with Crippen LogP contribution in [0.15, 0.2) is 69.8 Å². The number of carbonyl (C=O) groups excluding carboxylic acids is 2. The number of benzene rings is 3. The highest BCUT2D eigenvalue weighted by molar-refractivity contribution is 6.41. The number of azo groups is 1. The average molecular weight is 744 g/mol. The summed E-state index contributed by atoms with van der Waals surface area (Å²) in [6.07, 6.45) is 13.8. The number of nitrogens with zero attached hydrogens (tertiary/aromatic N) is 4. The summed E-state index contributed by atoms with van der Waals surface area (Å²) < 4.78 is 10.5. The van der Waals surface area contributed by atoms with E-state index < -0.39 is 11.9 Å². The molecule has 0 spiro atoms. The zero-order valence-corrected chi connectivity index (χ0v) is 31.1. The smallest absolute Gasteiger partial charge is 0.280 e. The fourth-order valence-corrected chi connectivity index (χ4v) is 6.25. The summed E-state index contributed by atoms with van der Waals surface area (Å²) in [5.41, 5.74) is 4.52. The lowest BCUT2D eigenvalue weighted by molar-refractivity contribution is -0.118. The number of unbranched alkanes of at least 4 members (excludes halogenated alkanes) is 10. The van der Waals surface area contributed by atoms with Gasteiger partial charge in [-0.2, -0.15) is 10.2 Å². The highest BCUT2D eigenvalue weighted by Crippen LogP contribution is 2.39. The molecule has 1 fully saturated rings. The van der Waals surface area contributed by atoms with Gasteiger partial charge < -0.3 is 14.8 Å². The summed E-state index contributed by atoms with van der Waals surface area (Å²) in [6.45, 7) is 2.24. The molecule has 10 nitrogen and oxygen atoms in total. The molecule has 3 aromatic carbocycles. The van der Waals surface area contributed by atoms with Crippen LogP contribution in [0.1, 0.15) is 84.0 Å². The van der Waals surface area contributed by atoms with Crippen molar-refractivity contribution in [3.8, 4) is 11.5 Å². The summed E-state index contributed by atoms with van der Waals surface area (Å²) in [5.74, 6) is 0.593. The molecular weight excluding hydrogens is 699 g/mol. The Morgan fingerprint density at radius 3 is 2.00 bits per heavy atom. The van der Waals surface area contributed by atoms with Gasteiger partial charge in [0.1, 0.15) is 17.2 Å². The Hall–Kier alpha value is -3.86. The van der Waals surface area contributed by atoms with Crippen LogP contribution in [0, 0.1) is 0 Å². The van der Waals surface area contributed by atoms with E-state index in [9.17, 15) is 9.59 Å². The van der Waals surface area contributed by atoms with Gasteiger partial charge in [-0.15, -0.1) is 0 Å². The predicted molar refractivity (Wildman–Crippen MR) is 203 cm³/mol. The normalized spacial score (nSPS) is 15.2. The fourth-order valence-electron chi connectivity index (χ4n) is 5.45. The number of amides is 2. The predicted octanol–water partition coefficient (Wildman–Crippen LogP) is 11.0. The first-order valence-corrected chi connectivity index (χ1v) is 18.2. The third-order valence-electron chi connectivity index (χ3n) is 8.23. The number of halogens is 3. The molecule has 0 saturated carbocycles. The Labute approximate surface area is 309 Å². The number of aliphatic imine (C=N–C) groups is 1. The molecule has 1 aliphatic heterocycles. The Kier molecular flexibility index (Phi) is 15.7. The van der Waals surface area contributed by atoms with Gasteiger partial charge in [0.15, 0.2) is 5.84 Å². The third-order valence-corrected chi connectivity index (χ3v) is 9.12. The maximum atomic E-state index is 13.8. The van der Waals surface area contributed by atoms with E-state index in [-0.39, 0.29) is 27.5 Å². The van der Waals surface area contributed by atoms with Gasteiger partial charge in [0.2, 0.25) is 11.9 Å². The van der Waals surface area contributed by atoms with E-state index in [2.05, 4.69) is 32.9 Å². The van der Waals surface area contributed by atoms with Crippen LogP contribution in [-0.2, 0) is 9.59 Å². The number of amidine groups is 1. The zero-order valence-electron chi connectivity index (χ0n) is 28.8. The minimum atomic E-state index is -1.19. The lowest BCUT2D eigenvalue weighted by Gasteiger charge is -2.19. The maximum absolute atomic E-state index is 13.8. The maximum Gasteiger partial charge on any atom is 0.280 e. The number of hydrogen-bond donors (Lipinski definition) is 2. The number of anilines is 2. The van der Waals surface area contributed by atoms with E-state index in [1.807, 2.05) is 0 Å². The highest BCUT2D eigenvalue weighted by atomic mass is 35.5. The Balaban J connectivity index is 1.45. The van der Waals surface area contributed by atoms with Gasteiger partial charge in [-0.05, 0) is 48.9 Å². The van der Waals surface area contributed by atoms with Crippen molar-refractivity contribution in [1.29, 1.82) is 0 Å². The Bertz CT molecular complexity index is 1630. The van der Waals surface area contributed by atoms with Crippen molar-refractivity contribution in [3.05, 3.63) is 69.7 Å². The second kappa shape index (κ2) is 20.1. The summed E-state index contributed by atoms with van der Waals surface area (Å²) in [7, 11) is 3.05. The third kappa shape index (κ3) is 11.3. The average Bonchev–Trinajstić information content (AvgIpc) is 3.40. The Morgan fingerprint density at radius 1 is 0.800 bits per heavy atom. The van der Waals surface area contributed by atoms with E-state index in [0.29, 0.717) is 40.0 Å². The van der Waals surface area contributed by atoms with Crippen LogP contribution >= 0.6 is 34.8 Å². The van der Waals surface area contributed by atoms with E-state index in [1.165, 1.54) is 63.5 Å². The number of nitrogens with one attached hydrogen (secondary N) is 2. The van der Waals surface area contributed by atoms with Crippen molar-refractivity contribution < 1.29 is 19.1 Å². The van der Waals surface area contributed by atoms with E-state index in [4.69, 9.17) is 44.3 Å². The van der Waals surface area contributed by atoms with Crippen LogP contribution < -0.4 is 25.2 Å². The molecule has 1 unspecified atom stereocenters. The van der Waals surface area contributed by atoms with Crippen LogP contribution in [0.3, 0.4) is 0 Å². The minimum Gasteiger partial charge on any atom is -0.497 e. The molecule has 50 heavy (non-hydrogen) atoms. The molecule has 2 amide bonds. The van der Waals surface area contributed by atoms with Crippen LogP contribution in [0.25, 0.3) is 0 Å². The summed E-state index contributed by atoms with van der Waals surface area (Å²) in [4.78, 5) is 31.2. The summed E-state index contributed by atoms with van der Waals surface area (Å²) in [6, 6.07) is 13.8. The molecule has 1 saturated heterocycles. The first kappa shape index (κ1) is 38.9. The van der Waals surface area contributed by atoms with Crippen molar-refractivity contribution in [1.82, 2.24) is 5.43 Å². The van der Waals surface area contributed by atoms with Crippen LogP contribution in [-0.4, -0.2) is 37.9 Å². The Morgan fingerprint density at radius 2 is 1.40 bits per heavy atom. The van der Waals surface area contributed by atoms with Crippen LogP contribution in [0.5, 0.6) is 11.5 Å². The summed E-state index contributed by atoms with van der Waals surface area (Å²) >= 11 is 19.6. The second-order valence-corrected chi connectivity index (χ2v) is 13.3. The molecule has 1 heterocycles. The topological polar surface area (TPSA) is 117 Å². The molecule has 0 aliphatic carbocycles. The fraction of sp³-hybridized carbons (Fsp3) is 0.432. The van der Waals surface area contributed by atoms with Crippen molar-refractivity contribution in [2.45, 2.75) is 90.0 Å². The van der Waals surface area contributed by atoms with E-state index in [1.54, 1.807) is 61.7 Å². The number of methoxy groups -OCH3 is 2. The quantitative estimate of drug-likeness (QED) is 0.0936. The van der Waals surface area contributed by atoms with Gasteiger partial charge >= 0.3 is 0 Å². The SMILES string of the molecule is CCCCCCCCCCCCCC(=O)Nc1ccc(Cl)c(N=C2NN(c3c(Cl)cc(OC)cc3Cl)C(=O)C2N=Nc2ccc(OC)cc2)c1. The standard InChI is InChI=1S/C37H45Cl3N6O4/c1-4-5-6-7-8-9-10-11-12-13-14-15-33(47)41-26-18-21-29(38)32(22-26)42-36-34(44-43-25-16-19-27(49-2)20-17-25)37(48)46(45-36)35-30(39)23-28(50-3)24-31(35)40/h16-24,34H,4-15H2,1-3H3,(H,41,47)(H,42,45). The molecule has 2 N–H and O–H groups in total. The molecule has 0 aromatic heterocycles. The zero-order chi connectivity index (χ0) is 35.9. The van der Waals surface area contributed by atoms with Crippen molar-refractivity contribution in [2.24, 2.45) is 15.2 Å². The van der Waals surface area contributed by atoms with E-state index >= 15 is 0 Å².